The van der Waals surface area contributed by atoms with E-state index in [4.69, 9.17) is 4.42 Å². The molecule has 7 nitrogen and oxygen atoms in total. The predicted molar refractivity (Wildman–Crippen MR) is 47.1 cm³/mol. The fraction of sp³-hybridized carbons (Fsp3) is 0.429. The summed E-state index contributed by atoms with van der Waals surface area (Å²) in [5.74, 6) is 0.904. The van der Waals surface area contributed by atoms with Crippen molar-refractivity contribution in [2.45, 2.75) is 13.0 Å². The molecule has 0 aliphatic carbocycles. The number of aromatic amines is 1. The van der Waals surface area contributed by atoms with E-state index in [9.17, 15) is 0 Å². The van der Waals surface area contributed by atoms with E-state index in [1.807, 2.05) is 14.0 Å². The van der Waals surface area contributed by atoms with E-state index in [1.165, 1.54) is 6.20 Å². The van der Waals surface area contributed by atoms with Crippen LogP contribution in [-0.2, 0) is 0 Å². The van der Waals surface area contributed by atoms with Crippen LogP contribution in [0.2, 0.25) is 0 Å². The van der Waals surface area contributed by atoms with Gasteiger partial charge in [0.2, 0.25) is 5.89 Å². The van der Waals surface area contributed by atoms with Gasteiger partial charge in [-0.05, 0) is 14.0 Å². The first-order valence-electron chi connectivity index (χ1n) is 4.18. The van der Waals surface area contributed by atoms with Crippen LogP contribution in [0.1, 0.15) is 18.9 Å². The topological polar surface area (TPSA) is 92.5 Å². The Kier molecular flexibility index (Phi) is 2.23. The summed E-state index contributed by atoms with van der Waals surface area (Å²) in [6, 6.07) is 0.0307. The molecule has 0 saturated heterocycles. The highest BCUT2D eigenvalue weighted by atomic mass is 16.4. The molecule has 0 aromatic carbocycles. The largest absolute Gasteiger partial charge is 0.417 e. The summed E-state index contributed by atoms with van der Waals surface area (Å²) in [5.41, 5.74) is 0.548. The van der Waals surface area contributed by atoms with Crippen LogP contribution in [0, 0.1) is 0 Å². The zero-order valence-electron chi connectivity index (χ0n) is 7.85. The Morgan fingerprint density at radius 3 is 3.00 bits per heavy atom. The molecule has 2 N–H and O–H groups in total. The highest BCUT2D eigenvalue weighted by Crippen LogP contribution is 2.16. The summed E-state index contributed by atoms with van der Waals surface area (Å²) >= 11 is 0. The molecular weight excluding hydrogens is 184 g/mol. The summed E-state index contributed by atoms with van der Waals surface area (Å²) in [6.45, 7) is 1.93. The molecule has 2 heterocycles. The molecule has 2 rings (SSSR count). The van der Waals surface area contributed by atoms with E-state index in [0.717, 1.165) is 0 Å². The van der Waals surface area contributed by atoms with Crippen LogP contribution in [0.3, 0.4) is 0 Å². The zero-order chi connectivity index (χ0) is 9.97. The van der Waals surface area contributed by atoms with Gasteiger partial charge in [-0.3, -0.25) is 0 Å². The predicted octanol–water partition coefficient (Wildman–Crippen LogP) is 0.135. The lowest BCUT2D eigenvalue weighted by molar-refractivity contribution is 0.440. The number of hydrogen-bond acceptors (Lipinski definition) is 6. The second-order valence-corrected chi connectivity index (χ2v) is 2.81. The van der Waals surface area contributed by atoms with Gasteiger partial charge in [-0.25, -0.2) is 0 Å². The maximum Gasteiger partial charge on any atom is 0.269 e. The monoisotopic (exact) mass is 194 g/mol. The minimum atomic E-state index is 0.0307. The molecule has 0 radical (unpaired) electrons. The van der Waals surface area contributed by atoms with Gasteiger partial charge in [0.15, 0.2) is 5.69 Å². The highest BCUT2D eigenvalue weighted by molar-refractivity contribution is 5.42. The molecule has 1 unspecified atom stereocenters. The van der Waals surface area contributed by atoms with Gasteiger partial charge in [0.25, 0.3) is 5.89 Å². The maximum absolute atomic E-state index is 5.37. The van der Waals surface area contributed by atoms with Crippen molar-refractivity contribution in [3.63, 3.8) is 0 Å². The first-order chi connectivity index (χ1) is 6.81. The molecule has 7 heteroatoms. The number of H-pyrrole nitrogens is 1. The third kappa shape index (κ3) is 1.49. The molecule has 0 bridgehead atoms. The van der Waals surface area contributed by atoms with Gasteiger partial charge >= 0.3 is 0 Å². The van der Waals surface area contributed by atoms with E-state index >= 15 is 0 Å². The molecule has 74 valence electrons. The van der Waals surface area contributed by atoms with Gasteiger partial charge in [-0.15, -0.1) is 10.2 Å². The molecule has 0 spiro atoms. The summed E-state index contributed by atoms with van der Waals surface area (Å²) in [5, 5.41) is 20.7. The Bertz CT molecular complexity index is 394. The second-order valence-electron chi connectivity index (χ2n) is 2.81. The molecular formula is C7H10N6O. The van der Waals surface area contributed by atoms with E-state index in [-0.39, 0.29) is 6.04 Å². The SMILES string of the molecule is CNC(C)c1nnc(-c2cn[nH]n2)o1. The van der Waals surface area contributed by atoms with E-state index in [2.05, 4.69) is 30.9 Å². The van der Waals surface area contributed by atoms with Crippen LogP contribution in [0.25, 0.3) is 11.6 Å². The third-order valence-electron chi connectivity index (χ3n) is 1.88. The first-order valence-corrected chi connectivity index (χ1v) is 4.18. The normalized spacial score (nSPS) is 13.0. The van der Waals surface area contributed by atoms with Crippen molar-refractivity contribution in [2.75, 3.05) is 7.05 Å². The number of nitrogens with zero attached hydrogens (tertiary/aromatic N) is 4. The van der Waals surface area contributed by atoms with Gasteiger partial charge in [0.1, 0.15) is 0 Å². The summed E-state index contributed by atoms with van der Waals surface area (Å²) < 4.78 is 5.37. The van der Waals surface area contributed by atoms with Crippen LogP contribution < -0.4 is 5.32 Å². The first kappa shape index (κ1) is 8.82. The smallest absolute Gasteiger partial charge is 0.269 e. The number of rotatable bonds is 3. The van der Waals surface area contributed by atoms with E-state index in [1.54, 1.807) is 0 Å². The molecule has 0 fully saturated rings. The Hall–Kier alpha value is -1.76. The molecule has 0 aliphatic rings. The lowest BCUT2D eigenvalue weighted by Gasteiger charge is -2.01. The molecule has 14 heavy (non-hydrogen) atoms. The average molecular weight is 194 g/mol. The van der Waals surface area contributed by atoms with Crippen LogP contribution in [-0.4, -0.2) is 32.7 Å². The highest BCUT2D eigenvalue weighted by Gasteiger charge is 2.14. The quantitative estimate of drug-likeness (QED) is 0.721. The van der Waals surface area contributed by atoms with Crippen LogP contribution in [0.15, 0.2) is 10.6 Å². The molecule has 1 atom stereocenters. The lowest BCUT2D eigenvalue weighted by atomic mass is 10.3. The van der Waals surface area contributed by atoms with Gasteiger partial charge < -0.3 is 9.73 Å². The Morgan fingerprint density at radius 1 is 1.50 bits per heavy atom. The van der Waals surface area contributed by atoms with Crippen LogP contribution >= 0.6 is 0 Å². The summed E-state index contributed by atoms with van der Waals surface area (Å²) in [7, 11) is 1.82. The van der Waals surface area contributed by atoms with Crippen molar-refractivity contribution in [3.8, 4) is 11.6 Å². The fourth-order valence-electron chi connectivity index (χ4n) is 0.941. The fourth-order valence-corrected chi connectivity index (χ4v) is 0.941. The third-order valence-corrected chi connectivity index (χ3v) is 1.88. The number of aromatic nitrogens is 5. The van der Waals surface area contributed by atoms with Crippen LogP contribution in [0.5, 0.6) is 0 Å². The number of nitrogens with one attached hydrogen (secondary N) is 2. The molecule has 0 saturated carbocycles. The minimum Gasteiger partial charge on any atom is -0.417 e. The minimum absolute atomic E-state index is 0.0307. The Balaban J connectivity index is 2.26. The van der Waals surface area contributed by atoms with Crippen molar-refractivity contribution in [2.24, 2.45) is 0 Å². The number of hydrogen-bond donors (Lipinski definition) is 2. The van der Waals surface area contributed by atoms with E-state index < -0.39 is 0 Å². The standard InChI is InChI=1S/C7H10N6O/c1-4(8-2)6-11-12-7(14-6)5-3-9-13-10-5/h3-4,8H,1-2H3,(H,9,10,13). The van der Waals surface area contributed by atoms with Gasteiger partial charge in [0, 0.05) is 0 Å². The van der Waals surface area contributed by atoms with Crippen molar-refractivity contribution in [1.82, 2.24) is 30.9 Å². The molecule has 2 aromatic rings. The van der Waals surface area contributed by atoms with Crippen molar-refractivity contribution < 1.29 is 4.42 Å². The molecule has 0 amide bonds. The van der Waals surface area contributed by atoms with Crippen LogP contribution in [0.4, 0.5) is 0 Å². The van der Waals surface area contributed by atoms with Gasteiger partial charge in [-0.2, -0.15) is 15.4 Å². The maximum atomic E-state index is 5.37. The zero-order valence-corrected chi connectivity index (χ0v) is 7.85. The summed E-state index contributed by atoms with van der Waals surface area (Å²) in [6.07, 6.45) is 1.53. The average Bonchev–Trinajstić information content (AvgIpc) is 2.86. The van der Waals surface area contributed by atoms with Crippen molar-refractivity contribution in [1.29, 1.82) is 0 Å². The van der Waals surface area contributed by atoms with Crippen molar-refractivity contribution >= 4 is 0 Å². The lowest BCUT2D eigenvalue weighted by Crippen LogP contribution is -2.12. The summed E-state index contributed by atoms with van der Waals surface area (Å²) in [4.78, 5) is 0. The Morgan fingerprint density at radius 2 is 2.36 bits per heavy atom. The second kappa shape index (κ2) is 3.54. The molecule has 0 aliphatic heterocycles. The van der Waals surface area contributed by atoms with Gasteiger partial charge in [-0.1, -0.05) is 0 Å². The Labute approximate surface area is 79.9 Å². The van der Waals surface area contributed by atoms with E-state index in [0.29, 0.717) is 17.5 Å². The van der Waals surface area contributed by atoms with Crippen molar-refractivity contribution in [3.05, 3.63) is 12.1 Å². The van der Waals surface area contributed by atoms with Gasteiger partial charge in [0.05, 0.1) is 12.2 Å². The molecule has 2 aromatic heterocycles.